The third kappa shape index (κ3) is 1.60. The van der Waals surface area contributed by atoms with Crippen molar-refractivity contribution in [1.82, 2.24) is 15.0 Å². The highest BCUT2D eigenvalue weighted by molar-refractivity contribution is 5.00. The standard InChI is InChI=1S/C10H17N3/c1-10(2,3)8-4-5-13-9(6-8)7-11-12-13/h7-8H,4-6H2,1-3H3. The molecule has 1 aliphatic rings. The summed E-state index contributed by atoms with van der Waals surface area (Å²) in [7, 11) is 0. The first kappa shape index (κ1) is 8.73. The molecule has 0 spiro atoms. The molecule has 1 unspecified atom stereocenters. The van der Waals surface area contributed by atoms with Crippen molar-refractivity contribution in [3.05, 3.63) is 11.9 Å². The highest BCUT2D eigenvalue weighted by atomic mass is 15.4. The number of aromatic nitrogens is 3. The molecule has 0 fully saturated rings. The van der Waals surface area contributed by atoms with Crippen LogP contribution in [-0.2, 0) is 13.0 Å². The van der Waals surface area contributed by atoms with E-state index in [1.165, 1.54) is 12.1 Å². The lowest BCUT2D eigenvalue weighted by Crippen LogP contribution is -2.29. The molecular formula is C10H17N3. The molecule has 2 heterocycles. The van der Waals surface area contributed by atoms with Gasteiger partial charge in [0.2, 0.25) is 0 Å². The normalized spacial score (nSPS) is 22.8. The van der Waals surface area contributed by atoms with Gasteiger partial charge in [-0.3, -0.25) is 0 Å². The summed E-state index contributed by atoms with van der Waals surface area (Å²) in [5.74, 6) is 0.776. The molecule has 1 aliphatic heterocycles. The molecule has 0 bridgehead atoms. The quantitative estimate of drug-likeness (QED) is 0.609. The Bertz CT molecular complexity index is 295. The first-order chi connectivity index (χ1) is 6.07. The van der Waals surface area contributed by atoms with Crippen molar-refractivity contribution in [1.29, 1.82) is 0 Å². The van der Waals surface area contributed by atoms with Gasteiger partial charge < -0.3 is 0 Å². The molecule has 0 amide bonds. The van der Waals surface area contributed by atoms with E-state index in [0.29, 0.717) is 5.41 Å². The van der Waals surface area contributed by atoms with Crippen LogP contribution in [0.2, 0.25) is 0 Å². The summed E-state index contributed by atoms with van der Waals surface area (Å²) in [6.07, 6.45) is 4.27. The molecule has 0 aromatic carbocycles. The maximum atomic E-state index is 4.04. The molecule has 0 saturated heterocycles. The lowest BCUT2D eigenvalue weighted by molar-refractivity contribution is 0.190. The van der Waals surface area contributed by atoms with E-state index in [9.17, 15) is 0 Å². The summed E-state index contributed by atoms with van der Waals surface area (Å²) in [6, 6.07) is 0. The van der Waals surface area contributed by atoms with Gasteiger partial charge in [-0.05, 0) is 24.2 Å². The first-order valence-electron chi connectivity index (χ1n) is 4.95. The van der Waals surface area contributed by atoms with E-state index in [1.807, 2.05) is 10.9 Å². The fourth-order valence-electron chi connectivity index (χ4n) is 2.00. The van der Waals surface area contributed by atoms with Gasteiger partial charge in [-0.2, -0.15) is 0 Å². The molecule has 1 aromatic rings. The number of aryl methyl sites for hydroxylation is 1. The zero-order chi connectivity index (χ0) is 9.47. The second-order valence-electron chi connectivity index (χ2n) is 5.00. The van der Waals surface area contributed by atoms with Crippen molar-refractivity contribution < 1.29 is 0 Å². The Labute approximate surface area is 79.1 Å². The van der Waals surface area contributed by atoms with Gasteiger partial charge in [0.25, 0.3) is 0 Å². The molecule has 13 heavy (non-hydrogen) atoms. The maximum absolute atomic E-state index is 4.04. The third-order valence-corrected chi connectivity index (χ3v) is 3.07. The smallest absolute Gasteiger partial charge is 0.0725 e. The van der Waals surface area contributed by atoms with Crippen LogP contribution in [0, 0.1) is 11.3 Å². The second-order valence-corrected chi connectivity index (χ2v) is 5.00. The van der Waals surface area contributed by atoms with E-state index in [1.54, 1.807) is 0 Å². The van der Waals surface area contributed by atoms with Gasteiger partial charge in [0.05, 0.1) is 11.9 Å². The average molecular weight is 179 g/mol. The highest BCUT2D eigenvalue weighted by Crippen LogP contribution is 2.34. The molecule has 3 heteroatoms. The minimum atomic E-state index is 0.412. The lowest BCUT2D eigenvalue weighted by atomic mass is 9.75. The molecule has 3 nitrogen and oxygen atoms in total. The Balaban J connectivity index is 2.18. The van der Waals surface area contributed by atoms with Crippen LogP contribution in [0.1, 0.15) is 32.9 Å². The molecule has 0 aliphatic carbocycles. The summed E-state index contributed by atoms with van der Waals surface area (Å²) >= 11 is 0. The fraction of sp³-hybridized carbons (Fsp3) is 0.800. The molecule has 2 rings (SSSR count). The van der Waals surface area contributed by atoms with Crippen molar-refractivity contribution in [2.45, 2.75) is 40.2 Å². The monoisotopic (exact) mass is 179 g/mol. The fourth-order valence-corrected chi connectivity index (χ4v) is 2.00. The Morgan fingerprint density at radius 3 is 2.92 bits per heavy atom. The molecule has 1 atom stereocenters. The van der Waals surface area contributed by atoms with E-state index >= 15 is 0 Å². The van der Waals surface area contributed by atoms with Crippen LogP contribution < -0.4 is 0 Å². The third-order valence-electron chi connectivity index (χ3n) is 3.07. The van der Waals surface area contributed by atoms with Crippen LogP contribution in [0.3, 0.4) is 0 Å². The van der Waals surface area contributed by atoms with Gasteiger partial charge >= 0.3 is 0 Å². The Morgan fingerprint density at radius 1 is 1.46 bits per heavy atom. The zero-order valence-electron chi connectivity index (χ0n) is 8.62. The number of nitrogens with zero attached hydrogens (tertiary/aromatic N) is 3. The zero-order valence-corrected chi connectivity index (χ0v) is 8.62. The Hall–Kier alpha value is -0.860. The van der Waals surface area contributed by atoms with Crippen molar-refractivity contribution in [2.24, 2.45) is 11.3 Å². The van der Waals surface area contributed by atoms with Gasteiger partial charge in [-0.1, -0.05) is 26.0 Å². The van der Waals surface area contributed by atoms with Gasteiger partial charge in [0.15, 0.2) is 0 Å². The molecule has 0 radical (unpaired) electrons. The van der Waals surface area contributed by atoms with E-state index in [-0.39, 0.29) is 0 Å². The SMILES string of the molecule is CC(C)(C)C1CCn2nncc2C1. The molecule has 72 valence electrons. The Kier molecular flexibility index (Phi) is 1.90. The van der Waals surface area contributed by atoms with Crippen LogP contribution in [0.5, 0.6) is 0 Å². The van der Waals surface area contributed by atoms with Crippen LogP contribution in [0.25, 0.3) is 0 Å². The van der Waals surface area contributed by atoms with E-state index in [4.69, 9.17) is 0 Å². The summed E-state index contributed by atoms with van der Waals surface area (Å²) in [6.45, 7) is 7.99. The van der Waals surface area contributed by atoms with Gasteiger partial charge in [-0.15, -0.1) is 5.10 Å². The van der Waals surface area contributed by atoms with Crippen molar-refractivity contribution in [3.8, 4) is 0 Å². The number of hydrogen-bond acceptors (Lipinski definition) is 2. The van der Waals surface area contributed by atoms with Gasteiger partial charge in [0, 0.05) is 6.54 Å². The van der Waals surface area contributed by atoms with E-state index < -0.39 is 0 Å². The Morgan fingerprint density at radius 2 is 2.23 bits per heavy atom. The van der Waals surface area contributed by atoms with E-state index in [2.05, 4.69) is 31.1 Å². The number of hydrogen-bond donors (Lipinski definition) is 0. The van der Waals surface area contributed by atoms with E-state index in [0.717, 1.165) is 18.9 Å². The topological polar surface area (TPSA) is 30.7 Å². The van der Waals surface area contributed by atoms with Crippen LogP contribution >= 0.6 is 0 Å². The average Bonchev–Trinajstić information content (AvgIpc) is 2.47. The van der Waals surface area contributed by atoms with Crippen molar-refractivity contribution in [2.75, 3.05) is 0 Å². The summed E-state index contributed by atoms with van der Waals surface area (Å²) < 4.78 is 2.03. The number of rotatable bonds is 0. The molecule has 0 saturated carbocycles. The highest BCUT2D eigenvalue weighted by Gasteiger charge is 2.29. The molecule has 0 N–H and O–H groups in total. The van der Waals surface area contributed by atoms with Crippen LogP contribution in [0.4, 0.5) is 0 Å². The predicted octanol–water partition coefficient (Wildman–Crippen LogP) is 1.89. The number of fused-ring (bicyclic) bond motifs is 1. The van der Waals surface area contributed by atoms with Gasteiger partial charge in [0.1, 0.15) is 0 Å². The second kappa shape index (κ2) is 2.82. The van der Waals surface area contributed by atoms with Crippen molar-refractivity contribution >= 4 is 0 Å². The summed E-state index contributed by atoms with van der Waals surface area (Å²) in [5.41, 5.74) is 1.71. The van der Waals surface area contributed by atoms with Crippen LogP contribution in [0.15, 0.2) is 6.20 Å². The molecular weight excluding hydrogens is 162 g/mol. The van der Waals surface area contributed by atoms with Crippen LogP contribution in [-0.4, -0.2) is 15.0 Å². The lowest BCUT2D eigenvalue weighted by Gasteiger charge is -2.33. The largest absolute Gasteiger partial charge is 0.249 e. The van der Waals surface area contributed by atoms with Gasteiger partial charge in [-0.25, -0.2) is 4.68 Å². The predicted molar refractivity (Wildman–Crippen MR) is 51.3 cm³/mol. The summed E-state index contributed by atoms with van der Waals surface area (Å²) in [5, 5.41) is 7.97. The molecule has 1 aromatic heterocycles. The maximum Gasteiger partial charge on any atom is 0.0725 e. The minimum Gasteiger partial charge on any atom is -0.249 e. The first-order valence-corrected chi connectivity index (χ1v) is 4.95. The minimum absolute atomic E-state index is 0.412. The van der Waals surface area contributed by atoms with Crippen molar-refractivity contribution in [3.63, 3.8) is 0 Å². The summed E-state index contributed by atoms with van der Waals surface area (Å²) in [4.78, 5) is 0.